The Morgan fingerprint density at radius 3 is 2.88 bits per heavy atom. The maximum Gasteiger partial charge on any atom is 0.339 e. The number of ether oxygens (including phenoxy) is 1. The molecule has 0 saturated heterocycles. The molecule has 1 N–H and O–H groups in total. The number of aliphatic hydroxyl groups is 1. The summed E-state index contributed by atoms with van der Waals surface area (Å²) in [4.78, 5) is 11.3. The van der Waals surface area contributed by atoms with Gasteiger partial charge in [0, 0.05) is 29.7 Å². The Morgan fingerprint density at radius 2 is 2.19 bits per heavy atom. The van der Waals surface area contributed by atoms with Crippen LogP contribution in [0.5, 0.6) is 0 Å². The smallest absolute Gasteiger partial charge is 0.339 e. The highest BCUT2D eigenvalue weighted by Crippen LogP contribution is 2.25. The number of esters is 1. The summed E-state index contributed by atoms with van der Waals surface area (Å²) in [5.41, 5.74) is 1.55. The Kier molecular flexibility index (Phi) is 2.66. The van der Waals surface area contributed by atoms with Gasteiger partial charge in [-0.25, -0.2) is 4.79 Å². The van der Waals surface area contributed by atoms with E-state index in [2.05, 4.69) is 4.74 Å². The Labute approximate surface area is 93.1 Å². The first-order valence-corrected chi connectivity index (χ1v) is 4.95. The molecule has 16 heavy (non-hydrogen) atoms. The van der Waals surface area contributed by atoms with Gasteiger partial charge in [-0.1, -0.05) is 12.1 Å². The lowest BCUT2D eigenvalue weighted by atomic mass is 10.1. The molecule has 0 saturated carbocycles. The number of aromatic nitrogens is 1. The molecule has 0 fully saturated rings. The molecule has 0 bridgehead atoms. The number of hydrogen-bond donors (Lipinski definition) is 1. The summed E-state index contributed by atoms with van der Waals surface area (Å²) in [7, 11) is 3.17. The number of hydrogen-bond acceptors (Lipinski definition) is 3. The fourth-order valence-electron chi connectivity index (χ4n) is 1.80. The quantitative estimate of drug-likeness (QED) is 0.776. The molecule has 0 aliphatic heterocycles. The summed E-state index contributed by atoms with van der Waals surface area (Å²) in [6.07, 6.45) is 0.661. The summed E-state index contributed by atoms with van der Waals surface area (Å²) in [6.45, 7) is 0. The van der Waals surface area contributed by atoms with Crippen LogP contribution in [0.4, 0.5) is 0 Å². The van der Waals surface area contributed by atoms with Crippen LogP contribution in [-0.2, 0) is 16.6 Å². The van der Waals surface area contributed by atoms with Gasteiger partial charge in [0.1, 0.15) is 0 Å². The SMILES string of the molecule is COC(=O)C(O)c1cccc2c1ccn2C. The first kappa shape index (κ1) is 10.7. The van der Waals surface area contributed by atoms with Crippen molar-refractivity contribution in [2.24, 2.45) is 7.05 Å². The minimum absolute atomic E-state index is 0.574. The summed E-state index contributed by atoms with van der Waals surface area (Å²) < 4.78 is 6.46. The molecular formula is C12H13NO3. The fourth-order valence-corrected chi connectivity index (χ4v) is 1.80. The lowest BCUT2D eigenvalue weighted by Crippen LogP contribution is -2.13. The molecule has 4 nitrogen and oxygen atoms in total. The van der Waals surface area contributed by atoms with Crippen molar-refractivity contribution in [1.82, 2.24) is 4.57 Å². The van der Waals surface area contributed by atoms with Crippen molar-refractivity contribution in [2.75, 3.05) is 7.11 Å². The average Bonchev–Trinajstić information content (AvgIpc) is 2.69. The molecule has 2 rings (SSSR count). The van der Waals surface area contributed by atoms with Crippen molar-refractivity contribution < 1.29 is 14.6 Å². The highest BCUT2D eigenvalue weighted by molar-refractivity contribution is 5.89. The van der Waals surface area contributed by atoms with Crippen molar-refractivity contribution in [1.29, 1.82) is 0 Å². The summed E-state index contributed by atoms with van der Waals surface area (Å²) >= 11 is 0. The minimum atomic E-state index is -1.23. The molecule has 1 heterocycles. The maximum atomic E-state index is 11.3. The lowest BCUT2D eigenvalue weighted by molar-refractivity contribution is -0.150. The second kappa shape index (κ2) is 3.98. The molecule has 2 aromatic rings. The van der Waals surface area contributed by atoms with E-state index in [1.165, 1.54) is 7.11 Å². The third kappa shape index (κ3) is 1.57. The zero-order valence-corrected chi connectivity index (χ0v) is 9.18. The molecule has 4 heteroatoms. The average molecular weight is 219 g/mol. The van der Waals surface area contributed by atoms with Crippen LogP contribution in [0.2, 0.25) is 0 Å². The van der Waals surface area contributed by atoms with Crippen LogP contribution in [0.3, 0.4) is 0 Å². The number of aliphatic hydroxyl groups excluding tert-OH is 1. The molecule has 1 atom stereocenters. The second-order valence-electron chi connectivity index (χ2n) is 3.63. The highest BCUT2D eigenvalue weighted by atomic mass is 16.5. The summed E-state index contributed by atoms with van der Waals surface area (Å²) in [6, 6.07) is 7.34. The first-order chi connectivity index (χ1) is 7.65. The van der Waals surface area contributed by atoms with E-state index in [1.807, 2.05) is 36.0 Å². The van der Waals surface area contributed by atoms with E-state index in [0.29, 0.717) is 5.56 Å². The molecular weight excluding hydrogens is 206 g/mol. The molecule has 0 aliphatic carbocycles. The van der Waals surface area contributed by atoms with Crippen LogP contribution in [-0.4, -0.2) is 22.8 Å². The third-order valence-corrected chi connectivity index (χ3v) is 2.68. The Hall–Kier alpha value is -1.81. The standard InChI is InChI=1S/C12H13NO3/c1-13-7-6-8-9(4-3-5-10(8)13)11(14)12(15)16-2/h3-7,11,14H,1-2H3. The van der Waals surface area contributed by atoms with Gasteiger partial charge in [0.15, 0.2) is 6.10 Å². The predicted octanol–water partition coefficient (Wildman–Crippen LogP) is 1.38. The monoisotopic (exact) mass is 219 g/mol. The first-order valence-electron chi connectivity index (χ1n) is 4.95. The molecule has 0 aliphatic rings. The highest BCUT2D eigenvalue weighted by Gasteiger charge is 2.20. The van der Waals surface area contributed by atoms with Crippen LogP contribution in [0.1, 0.15) is 11.7 Å². The topological polar surface area (TPSA) is 51.5 Å². The van der Waals surface area contributed by atoms with Crippen LogP contribution in [0, 0.1) is 0 Å². The number of carbonyl (C=O) groups excluding carboxylic acids is 1. The predicted molar refractivity (Wildman–Crippen MR) is 59.9 cm³/mol. The zero-order valence-electron chi connectivity index (χ0n) is 9.18. The van der Waals surface area contributed by atoms with Gasteiger partial charge in [-0.05, 0) is 12.1 Å². The van der Waals surface area contributed by atoms with Crippen molar-refractivity contribution in [2.45, 2.75) is 6.10 Å². The molecule has 1 unspecified atom stereocenters. The van der Waals surface area contributed by atoms with E-state index in [1.54, 1.807) is 6.07 Å². The van der Waals surface area contributed by atoms with Crippen molar-refractivity contribution in [3.63, 3.8) is 0 Å². The number of methoxy groups -OCH3 is 1. The van der Waals surface area contributed by atoms with E-state index >= 15 is 0 Å². The van der Waals surface area contributed by atoms with Crippen molar-refractivity contribution >= 4 is 16.9 Å². The Morgan fingerprint density at radius 1 is 1.44 bits per heavy atom. The normalized spacial score (nSPS) is 12.7. The summed E-state index contributed by atoms with van der Waals surface area (Å²) in [5.74, 6) is -0.642. The van der Waals surface area contributed by atoms with Gasteiger partial charge in [0.05, 0.1) is 7.11 Å². The van der Waals surface area contributed by atoms with E-state index in [0.717, 1.165) is 10.9 Å². The zero-order chi connectivity index (χ0) is 11.7. The number of benzene rings is 1. The molecule has 1 aromatic heterocycles. The van der Waals surface area contributed by atoms with Crippen LogP contribution in [0.15, 0.2) is 30.5 Å². The van der Waals surface area contributed by atoms with Crippen LogP contribution >= 0.6 is 0 Å². The van der Waals surface area contributed by atoms with Gasteiger partial charge in [-0.3, -0.25) is 0 Å². The molecule has 0 amide bonds. The molecule has 84 valence electrons. The van der Waals surface area contributed by atoms with E-state index in [4.69, 9.17) is 0 Å². The molecule has 0 spiro atoms. The fraction of sp³-hybridized carbons (Fsp3) is 0.250. The minimum Gasteiger partial charge on any atom is -0.467 e. The second-order valence-corrected chi connectivity index (χ2v) is 3.63. The van der Waals surface area contributed by atoms with Gasteiger partial charge in [0.2, 0.25) is 0 Å². The number of rotatable bonds is 2. The van der Waals surface area contributed by atoms with Crippen molar-refractivity contribution in [3.8, 4) is 0 Å². The van der Waals surface area contributed by atoms with Gasteiger partial charge in [0.25, 0.3) is 0 Å². The van der Waals surface area contributed by atoms with Crippen LogP contribution < -0.4 is 0 Å². The summed E-state index contributed by atoms with van der Waals surface area (Å²) in [5, 5.41) is 10.7. The molecule has 0 radical (unpaired) electrons. The van der Waals surface area contributed by atoms with E-state index in [-0.39, 0.29) is 0 Å². The van der Waals surface area contributed by atoms with E-state index < -0.39 is 12.1 Å². The van der Waals surface area contributed by atoms with Crippen LogP contribution in [0.25, 0.3) is 10.9 Å². The number of fused-ring (bicyclic) bond motifs is 1. The van der Waals surface area contributed by atoms with Gasteiger partial charge in [-0.15, -0.1) is 0 Å². The lowest BCUT2D eigenvalue weighted by Gasteiger charge is -2.10. The number of aryl methyl sites for hydroxylation is 1. The maximum absolute atomic E-state index is 11.3. The molecule has 1 aromatic carbocycles. The van der Waals surface area contributed by atoms with Gasteiger partial charge >= 0.3 is 5.97 Å². The van der Waals surface area contributed by atoms with Gasteiger partial charge in [-0.2, -0.15) is 0 Å². The van der Waals surface area contributed by atoms with E-state index in [9.17, 15) is 9.90 Å². The van der Waals surface area contributed by atoms with Crippen molar-refractivity contribution in [3.05, 3.63) is 36.0 Å². The Bertz CT molecular complexity index is 530. The number of carbonyl (C=O) groups is 1. The largest absolute Gasteiger partial charge is 0.467 e. The Balaban J connectivity index is 2.56. The van der Waals surface area contributed by atoms with Gasteiger partial charge < -0.3 is 14.4 Å². The third-order valence-electron chi connectivity index (χ3n) is 2.68. The number of nitrogens with zero attached hydrogens (tertiary/aromatic N) is 1.